The van der Waals surface area contributed by atoms with Crippen molar-refractivity contribution in [2.45, 2.75) is 25.1 Å². The van der Waals surface area contributed by atoms with Crippen LogP contribution in [0.1, 0.15) is 12.8 Å². The van der Waals surface area contributed by atoms with Gasteiger partial charge in [-0.1, -0.05) is 0 Å². The van der Waals surface area contributed by atoms with E-state index in [1.165, 1.54) is 4.90 Å². The first kappa shape index (κ1) is 17.2. The summed E-state index contributed by atoms with van der Waals surface area (Å²) < 4.78 is 64.5. The molecule has 0 aromatic heterocycles. The molecule has 0 spiro atoms. The maximum atomic E-state index is 11.9. The summed E-state index contributed by atoms with van der Waals surface area (Å²) in [4.78, 5) is 13.0. The van der Waals surface area contributed by atoms with E-state index in [0.29, 0.717) is 19.4 Å². The number of carbonyl (C=O) groups excluding carboxylic acids is 1. The normalized spacial score (nSPS) is 21.0. The third-order valence-electron chi connectivity index (χ3n) is 2.65. The number of rotatable bonds is 5. The topological polar surface area (TPSA) is 75.7 Å². The fourth-order valence-electron chi connectivity index (χ4n) is 1.95. The van der Waals surface area contributed by atoms with Crippen LogP contribution in [-0.4, -0.2) is 64.0 Å². The van der Waals surface area contributed by atoms with E-state index in [9.17, 15) is 26.4 Å². The molecule has 0 saturated carbocycles. The van der Waals surface area contributed by atoms with Gasteiger partial charge in [-0.2, -0.15) is 13.2 Å². The third kappa shape index (κ3) is 7.06. The van der Waals surface area contributed by atoms with E-state index in [-0.39, 0.29) is 6.54 Å². The molecule has 1 amide bonds. The van der Waals surface area contributed by atoms with Crippen molar-refractivity contribution in [3.63, 3.8) is 0 Å². The van der Waals surface area contributed by atoms with Crippen molar-refractivity contribution in [1.29, 1.82) is 0 Å². The minimum Gasteiger partial charge on any atom is -0.362 e. The number of ether oxygens (including phenoxy) is 1. The number of nitrogens with one attached hydrogen (secondary N) is 1. The molecule has 1 saturated heterocycles. The quantitative estimate of drug-likeness (QED) is 0.780. The molecule has 0 aliphatic carbocycles. The van der Waals surface area contributed by atoms with Crippen LogP contribution >= 0.6 is 0 Å². The van der Waals surface area contributed by atoms with Crippen LogP contribution in [0.4, 0.5) is 13.2 Å². The number of amides is 1. The van der Waals surface area contributed by atoms with E-state index in [1.807, 2.05) is 0 Å². The van der Waals surface area contributed by atoms with Gasteiger partial charge in [0.25, 0.3) is 0 Å². The van der Waals surface area contributed by atoms with E-state index in [1.54, 1.807) is 0 Å². The minimum atomic E-state index is -4.47. The molecule has 118 valence electrons. The highest BCUT2D eigenvalue weighted by molar-refractivity contribution is 7.88. The monoisotopic (exact) mass is 318 g/mol. The Morgan fingerprint density at radius 1 is 1.45 bits per heavy atom. The van der Waals surface area contributed by atoms with Gasteiger partial charge in [-0.05, 0) is 12.8 Å². The molecule has 1 aliphatic heterocycles. The average molecular weight is 318 g/mol. The van der Waals surface area contributed by atoms with Crippen LogP contribution < -0.4 is 4.72 Å². The smallest absolute Gasteiger partial charge is 0.362 e. The van der Waals surface area contributed by atoms with Crippen LogP contribution in [0.3, 0.4) is 0 Å². The Morgan fingerprint density at radius 2 is 2.10 bits per heavy atom. The first-order valence-corrected chi connectivity index (χ1v) is 7.85. The highest BCUT2D eigenvalue weighted by Crippen LogP contribution is 2.15. The lowest BCUT2D eigenvalue weighted by molar-refractivity contribution is -0.178. The van der Waals surface area contributed by atoms with Crippen LogP contribution in [0.25, 0.3) is 0 Å². The van der Waals surface area contributed by atoms with Gasteiger partial charge in [0.1, 0.15) is 13.2 Å². The minimum absolute atomic E-state index is 0.140. The van der Waals surface area contributed by atoms with E-state index in [0.717, 1.165) is 6.26 Å². The largest absolute Gasteiger partial charge is 0.411 e. The number of hydrogen-bond donors (Lipinski definition) is 1. The first-order valence-electron chi connectivity index (χ1n) is 5.96. The molecule has 0 bridgehead atoms. The van der Waals surface area contributed by atoms with Gasteiger partial charge in [-0.25, -0.2) is 13.1 Å². The van der Waals surface area contributed by atoms with Gasteiger partial charge in [0.15, 0.2) is 0 Å². The maximum Gasteiger partial charge on any atom is 0.411 e. The summed E-state index contributed by atoms with van der Waals surface area (Å²) in [5.74, 6) is -0.575. The maximum absolute atomic E-state index is 11.9. The fourth-order valence-corrected chi connectivity index (χ4v) is 2.75. The second kappa shape index (κ2) is 6.72. The number of likely N-dealkylation sites (tertiary alicyclic amines) is 1. The Morgan fingerprint density at radius 3 is 2.65 bits per heavy atom. The SMILES string of the molecule is CS(=O)(=O)N[C@@H]1CCCN(C(=O)COCC(F)(F)F)C1. The molecule has 1 rings (SSSR count). The van der Waals surface area contributed by atoms with Gasteiger partial charge in [-0.3, -0.25) is 4.79 Å². The molecule has 6 nitrogen and oxygen atoms in total. The van der Waals surface area contributed by atoms with E-state index < -0.39 is 41.4 Å². The summed E-state index contributed by atoms with van der Waals surface area (Å²) >= 11 is 0. The summed E-state index contributed by atoms with van der Waals surface area (Å²) in [6, 6.07) is -0.412. The van der Waals surface area contributed by atoms with Crippen LogP contribution in [0.15, 0.2) is 0 Å². The summed E-state index contributed by atoms with van der Waals surface area (Å²) in [5.41, 5.74) is 0. The molecule has 0 radical (unpaired) electrons. The van der Waals surface area contributed by atoms with Gasteiger partial charge in [0.2, 0.25) is 15.9 Å². The van der Waals surface area contributed by atoms with Crippen molar-refractivity contribution >= 4 is 15.9 Å². The van der Waals surface area contributed by atoms with Crippen LogP contribution in [-0.2, 0) is 19.6 Å². The number of nitrogens with zero attached hydrogens (tertiary/aromatic N) is 1. The highest BCUT2D eigenvalue weighted by Gasteiger charge is 2.29. The number of halogens is 3. The molecule has 1 fully saturated rings. The number of alkyl halides is 3. The summed E-state index contributed by atoms with van der Waals surface area (Å²) in [5, 5.41) is 0. The lowest BCUT2D eigenvalue weighted by Crippen LogP contribution is -2.50. The van der Waals surface area contributed by atoms with Gasteiger partial charge in [0.05, 0.1) is 6.26 Å². The molecule has 0 aromatic carbocycles. The first-order chi connectivity index (χ1) is 9.07. The summed E-state index contributed by atoms with van der Waals surface area (Å²) in [6.07, 6.45) is -2.29. The van der Waals surface area contributed by atoms with Crippen LogP contribution in [0, 0.1) is 0 Å². The number of hydrogen-bond acceptors (Lipinski definition) is 4. The molecule has 10 heteroatoms. The summed E-state index contributed by atoms with van der Waals surface area (Å²) in [7, 11) is -3.38. The lowest BCUT2D eigenvalue weighted by atomic mass is 10.1. The molecule has 0 unspecified atom stereocenters. The summed E-state index contributed by atoms with van der Waals surface area (Å²) in [6.45, 7) is -1.61. The zero-order chi connectivity index (χ0) is 15.4. The highest BCUT2D eigenvalue weighted by atomic mass is 32.2. The van der Waals surface area contributed by atoms with E-state index in [4.69, 9.17) is 0 Å². The van der Waals surface area contributed by atoms with E-state index in [2.05, 4.69) is 9.46 Å². The van der Waals surface area contributed by atoms with Gasteiger partial charge in [0, 0.05) is 19.1 Å². The van der Waals surface area contributed by atoms with Gasteiger partial charge >= 0.3 is 6.18 Å². The van der Waals surface area contributed by atoms with Crippen molar-refractivity contribution in [1.82, 2.24) is 9.62 Å². The molecular formula is C10H17F3N2O4S. The van der Waals surface area contributed by atoms with Crippen LogP contribution in [0.5, 0.6) is 0 Å². The molecule has 0 aromatic rings. The Balaban J connectivity index is 2.40. The average Bonchev–Trinajstić information content (AvgIpc) is 2.25. The van der Waals surface area contributed by atoms with Crippen molar-refractivity contribution in [2.24, 2.45) is 0 Å². The standard InChI is InChI=1S/C10H17F3N2O4S/c1-20(17,18)14-8-3-2-4-15(5-8)9(16)6-19-7-10(11,12)13/h8,14H,2-7H2,1H3/t8-/m1/s1. The van der Waals surface area contributed by atoms with Gasteiger partial charge in [-0.15, -0.1) is 0 Å². The van der Waals surface area contributed by atoms with Crippen molar-refractivity contribution < 1.29 is 31.1 Å². The predicted octanol–water partition coefficient (Wildman–Crippen LogP) is 0.105. The van der Waals surface area contributed by atoms with Crippen LogP contribution in [0.2, 0.25) is 0 Å². The number of piperidine rings is 1. The van der Waals surface area contributed by atoms with Crippen molar-refractivity contribution in [3.05, 3.63) is 0 Å². The van der Waals surface area contributed by atoms with Crippen molar-refractivity contribution in [2.75, 3.05) is 32.6 Å². The molecule has 1 heterocycles. The molecular weight excluding hydrogens is 301 g/mol. The second-order valence-electron chi connectivity index (χ2n) is 4.68. The van der Waals surface area contributed by atoms with Gasteiger partial charge < -0.3 is 9.64 Å². The van der Waals surface area contributed by atoms with E-state index >= 15 is 0 Å². The molecule has 20 heavy (non-hydrogen) atoms. The molecule has 1 N–H and O–H groups in total. The van der Waals surface area contributed by atoms with Crippen molar-refractivity contribution in [3.8, 4) is 0 Å². The predicted molar refractivity (Wildman–Crippen MR) is 64.5 cm³/mol. The number of carbonyl (C=O) groups is 1. The second-order valence-corrected chi connectivity index (χ2v) is 6.46. The Hall–Kier alpha value is -0.870. The third-order valence-corrected chi connectivity index (χ3v) is 3.41. The zero-order valence-electron chi connectivity index (χ0n) is 10.9. The fraction of sp³-hybridized carbons (Fsp3) is 0.900. The molecule has 1 aliphatic rings. The zero-order valence-corrected chi connectivity index (χ0v) is 11.8. The Labute approximate surface area is 115 Å². The lowest BCUT2D eigenvalue weighted by Gasteiger charge is -2.32. The molecule has 1 atom stereocenters. The number of sulfonamides is 1. The Bertz CT molecular complexity index is 438. The Kier molecular flexibility index (Phi) is 5.78.